The molecule has 17 heavy (non-hydrogen) atoms. The van der Waals surface area contributed by atoms with Gasteiger partial charge in [0.25, 0.3) is 0 Å². The van der Waals surface area contributed by atoms with E-state index >= 15 is 0 Å². The van der Waals surface area contributed by atoms with Crippen molar-refractivity contribution in [2.45, 2.75) is 58.7 Å². The van der Waals surface area contributed by atoms with E-state index < -0.39 is 0 Å². The number of aliphatic hydroxyl groups is 2. The van der Waals surface area contributed by atoms with Crippen LogP contribution in [-0.4, -0.2) is 22.4 Å². The minimum absolute atomic E-state index is 0.0902. The van der Waals surface area contributed by atoms with Crippen molar-refractivity contribution in [1.82, 2.24) is 0 Å². The SMILES string of the molecule is C=C1CC[C@@H](O)[C@]2(C)CC[C@@H](C(C)C)[C@H](O)C12. The van der Waals surface area contributed by atoms with Gasteiger partial charge in [0.1, 0.15) is 0 Å². The molecule has 5 atom stereocenters. The molecule has 2 fully saturated rings. The molecule has 0 spiro atoms. The third-order valence-electron chi connectivity index (χ3n) is 5.30. The fraction of sp³-hybridized carbons (Fsp3) is 0.867. The standard InChI is InChI=1S/C15H26O2/c1-9(2)11-7-8-15(4)12(16)6-5-10(3)13(15)14(11)17/h9,11-14,16-17H,3,5-8H2,1-2,4H3/t11-,12+,13?,14-,15-/m0/s1. The van der Waals surface area contributed by atoms with Crippen molar-refractivity contribution < 1.29 is 10.2 Å². The molecule has 2 aliphatic rings. The van der Waals surface area contributed by atoms with Gasteiger partial charge in [-0.1, -0.05) is 32.9 Å². The molecule has 0 aromatic carbocycles. The molecule has 0 aromatic heterocycles. The van der Waals surface area contributed by atoms with Gasteiger partial charge in [-0.2, -0.15) is 0 Å². The molecule has 1 unspecified atom stereocenters. The highest BCUT2D eigenvalue weighted by Crippen LogP contribution is 2.54. The lowest BCUT2D eigenvalue weighted by molar-refractivity contribution is -0.120. The smallest absolute Gasteiger partial charge is 0.0642 e. The second kappa shape index (κ2) is 4.40. The molecule has 0 bridgehead atoms. The number of rotatable bonds is 1. The van der Waals surface area contributed by atoms with Gasteiger partial charge in [-0.15, -0.1) is 0 Å². The first-order chi connectivity index (χ1) is 7.88. The van der Waals surface area contributed by atoms with Gasteiger partial charge in [0.05, 0.1) is 12.2 Å². The number of fused-ring (bicyclic) bond motifs is 1. The average Bonchev–Trinajstić information content (AvgIpc) is 2.23. The average molecular weight is 238 g/mol. The molecule has 2 saturated carbocycles. The molecule has 2 rings (SSSR count). The topological polar surface area (TPSA) is 40.5 Å². The van der Waals surface area contributed by atoms with Crippen LogP contribution in [-0.2, 0) is 0 Å². The largest absolute Gasteiger partial charge is 0.393 e. The monoisotopic (exact) mass is 238 g/mol. The van der Waals surface area contributed by atoms with Crippen molar-refractivity contribution in [2.24, 2.45) is 23.2 Å². The van der Waals surface area contributed by atoms with E-state index in [4.69, 9.17) is 0 Å². The van der Waals surface area contributed by atoms with Crippen molar-refractivity contribution in [3.63, 3.8) is 0 Å². The van der Waals surface area contributed by atoms with Gasteiger partial charge in [-0.05, 0) is 37.5 Å². The molecule has 98 valence electrons. The summed E-state index contributed by atoms with van der Waals surface area (Å²) in [6.45, 7) is 10.6. The van der Waals surface area contributed by atoms with Gasteiger partial charge in [0.15, 0.2) is 0 Å². The van der Waals surface area contributed by atoms with Crippen molar-refractivity contribution in [3.8, 4) is 0 Å². The first-order valence-electron chi connectivity index (χ1n) is 6.91. The van der Waals surface area contributed by atoms with E-state index in [1.807, 2.05) is 0 Å². The summed E-state index contributed by atoms with van der Waals surface area (Å²) in [5, 5.41) is 20.9. The van der Waals surface area contributed by atoms with Crippen molar-refractivity contribution in [1.29, 1.82) is 0 Å². The Bertz CT molecular complexity index is 310. The quantitative estimate of drug-likeness (QED) is 0.690. The minimum Gasteiger partial charge on any atom is -0.393 e. The number of hydrogen-bond acceptors (Lipinski definition) is 2. The van der Waals surface area contributed by atoms with E-state index in [0.29, 0.717) is 11.8 Å². The van der Waals surface area contributed by atoms with E-state index in [1.54, 1.807) is 0 Å². The van der Waals surface area contributed by atoms with Crippen LogP contribution in [0, 0.1) is 23.2 Å². The Morgan fingerprint density at radius 2 is 1.94 bits per heavy atom. The van der Waals surface area contributed by atoms with Crippen molar-refractivity contribution in [3.05, 3.63) is 12.2 Å². The third kappa shape index (κ3) is 1.96. The highest BCUT2D eigenvalue weighted by Gasteiger charge is 2.52. The van der Waals surface area contributed by atoms with Gasteiger partial charge in [-0.3, -0.25) is 0 Å². The highest BCUT2D eigenvalue weighted by atomic mass is 16.3. The second-order valence-electron chi connectivity index (χ2n) is 6.63. The Morgan fingerprint density at radius 3 is 2.53 bits per heavy atom. The number of hydrogen-bond donors (Lipinski definition) is 2. The van der Waals surface area contributed by atoms with E-state index in [2.05, 4.69) is 27.4 Å². The van der Waals surface area contributed by atoms with Crippen LogP contribution in [0.4, 0.5) is 0 Å². The number of aliphatic hydroxyl groups excluding tert-OH is 2. The summed E-state index contributed by atoms with van der Waals surface area (Å²) in [6.07, 6.45) is 3.11. The zero-order chi connectivity index (χ0) is 12.8. The fourth-order valence-electron chi connectivity index (χ4n) is 4.06. The zero-order valence-corrected chi connectivity index (χ0v) is 11.3. The van der Waals surface area contributed by atoms with Gasteiger partial charge >= 0.3 is 0 Å². The summed E-state index contributed by atoms with van der Waals surface area (Å²) in [5.74, 6) is 0.948. The lowest BCUT2D eigenvalue weighted by atomic mass is 9.53. The summed E-state index contributed by atoms with van der Waals surface area (Å²) in [7, 11) is 0. The lowest BCUT2D eigenvalue weighted by Gasteiger charge is -2.54. The molecule has 2 N–H and O–H groups in total. The molecule has 2 nitrogen and oxygen atoms in total. The van der Waals surface area contributed by atoms with Crippen LogP contribution in [0.5, 0.6) is 0 Å². The lowest BCUT2D eigenvalue weighted by Crippen LogP contribution is -2.54. The van der Waals surface area contributed by atoms with Crippen LogP contribution in [0.15, 0.2) is 12.2 Å². The molecule has 2 heteroatoms. The van der Waals surface area contributed by atoms with Gasteiger partial charge in [0, 0.05) is 11.3 Å². The molecule has 0 amide bonds. The van der Waals surface area contributed by atoms with Crippen LogP contribution in [0.25, 0.3) is 0 Å². The van der Waals surface area contributed by atoms with Crippen LogP contribution < -0.4 is 0 Å². The predicted molar refractivity (Wildman–Crippen MR) is 69.5 cm³/mol. The summed E-state index contributed by atoms with van der Waals surface area (Å²) in [6, 6.07) is 0. The molecular weight excluding hydrogens is 212 g/mol. The predicted octanol–water partition coefficient (Wildman–Crippen LogP) is 2.75. The summed E-state index contributed by atoms with van der Waals surface area (Å²) in [5.41, 5.74) is 0.996. The Morgan fingerprint density at radius 1 is 1.29 bits per heavy atom. The highest BCUT2D eigenvalue weighted by molar-refractivity contribution is 5.17. The van der Waals surface area contributed by atoms with Crippen LogP contribution in [0.1, 0.15) is 46.5 Å². The fourth-order valence-corrected chi connectivity index (χ4v) is 4.06. The first kappa shape index (κ1) is 13.1. The van der Waals surface area contributed by atoms with Gasteiger partial charge in [0.2, 0.25) is 0 Å². The molecule has 2 aliphatic carbocycles. The van der Waals surface area contributed by atoms with Gasteiger partial charge in [-0.25, -0.2) is 0 Å². The van der Waals surface area contributed by atoms with E-state index in [-0.39, 0.29) is 23.5 Å². The Kier molecular flexibility index (Phi) is 3.39. The normalized spacial score (nSPS) is 47.1. The van der Waals surface area contributed by atoms with Crippen LogP contribution in [0.2, 0.25) is 0 Å². The Balaban J connectivity index is 2.29. The molecule has 0 aliphatic heterocycles. The van der Waals surface area contributed by atoms with Crippen LogP contribution in [0.3, 0.4) is 0 Å². The molecular formula is C15H26O2. The van der Waals surface area contributed by atoms with Crippen LogP contribution >= 0.6 is 0 Å². The summed E-state index contributed by atoms with van der Waals surface area (Å²) < 4.78 is 0. The Labute approximate surface area is 105 Å². The third-order valence-corrected chi connectivity index (χ3v) is 5.30. The van der Waals surface area contributed by atoms with Crippen molar-refractivity contribution >= 4 is 0 Å². The van der Waals surface area contributed by atoms with Gasteiger partial charge < -0.3 is 10.2 Å². The maximum absolute atomic E-state index is 10.6. The summed E-state index contributed by atoms with van der Waals surface area (Å²) in [4.78, 5) is 0. The molecule has 0 aromatic rings. The molecule has 0 radical (unpaired) electrons. The zero-order valence-electron chi connectivity index (χ0n) is 11.3. The van der Waals surface area contributed by atoms with E-state index in [9.17, 15) is 10.2 Å². The molecule has 0 saturated heterocycles. The molecule has 0 heterocycles. The van der Waals surface area contributed by atoms with E-state index in [1.165, 1.54) is 0 Å². The minimum atomic E-state index is -0.323. The second-order valence-corrected chi connectivity index (χ2v) is 6.63. The summed E-state index contributed by atoms with van der Waals surface area (Å²) >= 11 is 0. The van der Waals surface area contributed by atoms with Crippen molar-refractivity contribution in [2.75, 3.05) is 0 Å². The maximum Gasteiger partial charge on any atom is 0.0642 e. The maximum atomic E-state index is 10.6. The Hall–Kier alpha value is -0.340. The first-order valence-corrected chi connectivity index (χ1v) is 6.91. The van der Waals surface area contributed by atoms with E-state index in [0.717, 1.165) is 31.3 Å².